The monoisotopic (exact) mass is 282 g/mol. The molecule has 0 spiro atoms. The number of fused-ring (bicyclic) bond motifs is 1. The molecule has 2 heteroatoms. The van der Waals surface area contributed by atoms with Gasteiger partial charge in [0.2, 0.25) is 0 Å². The third-order valence-electron chi connectivity index (χ3n) is 6.47. The van der Waals surface area contributed by atoms with Crippen LogP contribution in [0.2, 0.25) is 0 Å². The van der Waals surface area contributed by atoms with Gasteiger partial charge in [-0.05, 0) is 75.5 Å². The first-order chi connectivity index (χ1) is 8.89. The fraction of sp³-hybridized carbons (Fsp3) is 1.00. The van der Waals surface area contributed by atoms with Crippen LogP contribution in [-0.4, -0.2) is 21.4 Å². The number of aliphatic hydroxyl groups is 2. The first-order valence-corrected chi connectivity index (χ1v) is 8.33. The Balaban J connectivity index is 2.38. The minimum Gasteiger partial charge on any atom is -0.390 e. The van der Waals surface area contributed by atoms with Crippen molar-refractivity contribution in [3.8, 4) is 0 Å². The number of rotatable bonds is 2. The third-order valence-corrected chi connectivity index (χ3v) is 6.47. The molecule has 2 saturated carbocycles. The lowest BCUT2D eigenvalue weighted by molar-refractivity contribution is -0.183. The minimum atomic E-state index is -0.707. The van der Waals surface area contributed by atoms with Crippen molar-refractivity contribution < 1.29 is 10.2 Å². The van der Waals surface area contributed by atoms with Crippen molar-refractivity contribution >= 4 is 0 Å². The largest absolute Gasteiger partial charge is 0.390 e. The first-order valence-electron chi connectivity index (χ1n) is 8.33. The second kappa shape index (κ2) is 4.71. The van der Waals surface area contributed by atoms with Gasteiger partial charge in [0.1, 0.15) is 0 Å². The smallest absolute Gasteiger partial charge is 0.0654 e. The fourth-order valence-electron chi connectivity index (χ4n) is 5.58. The van der Waals surface area contributed by atoms with Gasteiger partial charge in [0, 0.05) is 0 Å². The van der Waals surface area contributed by atoms with Crippen LogP contribution < -0.4 is 0 Å². The quantitative estimate of drug-likeness (QED) is 0.799. The van der Waals surface area contributed by atoms with Crippen molar-refractivity contribution in [1.82, 2.24) is 0 Å². The molecule has 2 rings (SSSR count). The molecule has 0 aromatic carbocycles. The Kier molecular flexibility index (Phi) is 3.84. The molecule has 0 aromatic heterocycles. The van der Waals surface area contributed by atoms with Gasteiger partial charge in [0.25, 0.3) is 0 Å². The Bertz CT molecular complexity index is 364. The van der Waals surface area contributed by atoms with Gasteiger partial charge in [-0.1, -0.05) is 27.2 Å². The molecule has 20 heavy (non-hydrogen) atoms. The Labute approximate surface area is 125 Å². The van der Waals surface area contributed by atoms with Gasteiger partial charge in [0.05, 0.1) is 11.2 Å². The second-order valence-corrected chi connectivity index (χ2v) is 9.37. The molecular weight excluding hydrogens is 248 g/mol. The molecule has 118 valence electrons. The number of hydrogen-bond donors (Lipinski definition) is 2. The molecular formula is C18H34O2. The van der Waals surface area contributed by atoms with Crippen molar-refractivity contribution in [2.75, 3.05) is 0 Å². The van der Waals surface area contributed by atoms with E-state index in [1.165, 1.54) is 19.3 Å². The highest BCUT2D eigenvalue weighted by molar-refractivity contribution is 5.08. The van der Waals surface area contributed by atoms with Gasteiger partial charge < -0.3 is 10.2 Å². The summed E-state index contributed by atoms with van der Waals surface area (Å²) in [6.45, 7) is 12.9. The van der Waals surface area contributed by atoms with E-state index in [0.717, 1.165) is 12.8 Å². The average molecular weight is 282 g/mol. The molecule has 2 aliphatic rings. The van der Waals surface area contributed by atoms with Crippen LogP contribution in [0.15, 0.2) is 0 Å². The summed E-state index contributed by atoms with van der Waals surface area (Å²) in [5.74, 6) is 0.852. The summed E-state index contributed by atoms with van der Waals surface area (Å²) in [6.07, 6.45) is 6.43. The van der Waals surface area contributed by atoms with Gasteiger partial charge in [-0.3, -0.25) is 0 Å². The summed E-state index contributed by atoms with van der Waals surface area (Å²) in [5, 5.41) is 21.3. The van der Waals surface area contributed by atoms with Gasteiger partial charge in [-0.25, -0.2) is 0 Å². The van der Waals surface area contributed by atoms with Crippen molar-refractivity contribution in [3.05, 3.63) is 0 Å². The van der Waals surface area contributed by atoms with Crippen LogP contribution in [0.25, 0.3) is 0 Å². The molecule has 2 nitrogen and oxygen atoms in total. The van der Waals surface area contributed by atoms with Crippen molar-refractivity contribution in [1.29, 1.82) is 0 Å². The van der Waals surface area contributed by atoms with Gasteiger partial charge >= 0.3 is 0 Å². The van der Waals surface area contributed by atoms with Crippen LogP contribution in [0.4, 0.5) is 0 Å². The van der Waals surface area contributed by atoms with Crippen LogP contribution in [0.1, 0.15) is 80.1 Å². The molecule has 2 fully saturated rings. The summed E-state index contributed by atoms with van der Waals surface area (Å²) in [4.78, 5) is 0. The molecule has 0 bridgehead atoms. The molecule has 0 aromatic rings. The van der Waals surface area contributed by atoms with E-state index < -0.39 is 11.2 Å². The van der Waals surface area contributed by atoms with Gasteiger partial charge in [-0.15, -0.1) is 0 Å². The van der Waals surface area contributed by atoms with E-state index in [1.807, 2.05) is 20.8 Å². The third kappa shape index (κ3) is 2.78. The van der Waals surface area contributed by atoms with Crippen molar-refractivity contribution in [2.24, 2.45) is 22.7 Å². The lowest BCUT2D eigenvalue weighted by Gasteiger charge is -2.62. The normalized spacial score (nSPS) is 45.0. The van der Waals surface area contributed by atoms with E-state index >= 15 is 0 Å². The van der Waals surface area contributed by atoms with Crippen LogP contribution >= 0.6 is 0 Å². The maximum Gasteiger partial charge on any atom is 0.0654 e. The summed E-state index contributed by atoms with van der Waals surface area (Å²) in [5.41, 5.74) is -0.829. The van der Waals surface area contributed by atoms with Crippen LogP contribution in [0.3, 0.4) is 0 Å². The highest BCUT2D eigenvalue weighted by Crippen LogP contribution is 2.63. The highest BCUT2D eigenvalue weighted by Gasteiger charge is 2.58. The van der Waals surface area contributed by atoms with E-state index in [0.29, 0.717) is 17.8 Å². The molecule has 4 atom stereocenters. The zero-order valence-corrected chi connectivity index (χ0v) is 14.3. The lowest BCUT2D eigenvalue weighted by Crippen LogP contribution is -2.58. The molecule has 0 radical (unpaired) electrons. The van der Waals surface area contributed by atoms with Gasteiger partial charge in [-0.2, -0.15) is 0 Å². The second-order valence-electron chi connectivity index (χ2n) is 9.37. The van der Waals surface area contributed by atoms with E-state index in [9.17, 15) is 10.2 Å². The zero-order valence-electron chi connectivity index (χ0n) is 14.3. The van der Waals surface area contributed by atoms with Crippen LogP contribution in [0, 0.1) is 22.7 Å². The molecule has 0 amide bonds. The van der Waals surface area contributed by atoms with E-state index in [2.05, 4.69) is 20.8 Å². The van der Waals surface area contributed by atoms with E-state index in [1.54, 1.807) is 0 Å². The Morgan fingerprint density at radius 3 is 2.20 bits per heavy atom. The van der Waals surface area contributed by atoms with Gasteiger partial charge in [0.15, 0.2) is 0 Å². The SMILES string of the molecule is CC(C)(O)C[C@@H]1[C@]2(C)CCCC(C)(C)[C@@H]2CC[C@@]1(C)O. The average Bonchev–Trinajstić information content (AvgIpc) is 2.21. The molecule has 2 N–H and O–H groups in total. The fourth-order valence-corrected chi connectivity index (χ4v) is 5.58. The van der Waals surface area contributed by atoms with E-state index in [4.69, 9.17) is 0 Å². The van der Waals surface area contributed by atoms with Crippen LogP contribution in [0.5, 0.6) is 0 Å². The Hall–Kier alpha value is -0.0800. The Morgan fingerprint density at radius 1 is 1.05 bits per heavy atom. The number of hydrogen-bond acceptors (Lipinski definition) is 2. The predicted octanol–water partition coefficient (Wildman–Crippen LogP) is 4.14. The topological polar surface area (TPSA) is 40.5 Å². The van der Waals surface area contributed by atoms with Crippen LogP contribution in [-0.2, 0) is 0 Å². The maximum atomic E-state index is 11.0. The lowest BCUT2D eigenvalue weighted by atomic mass is 9.44. The van der Waals surface area contributed by atoms with Crippen molar-refractivity contribution in [2.45, 2.75) is 91.3 Å². The summed E-state index contributed by atoms with van der Waals surface area (Å²) < 4.78 is 0. The molecule has 0 heterocycles. The molecule has 0 saturated heterocycles. The summed E-state index contributed by atoms with van der Waals surface area (Å²) >= 11 is 0. The predicted molar refractivity (Wildman–Crippen MR) is 83.5 cm³/mol. The first kappa shape index (κ1) is 16.3. The minimum absolute atomic E-state index is 0.156. The molecule has 0 aliphatic heterocycles. The Morgan fingerprint density at radius 2 is 1.65 bits per heavy atom. The molecule has 0 unspecified atom stereocenters. The zero-order chi connectivity index (χ0) is 15.4. The summed E-state index contributed by atoms with van der Waals surface area (Å²) in [6, 6.07) is 0. The maximum absolute atomic E-state index is 11.0. The highest BCUT2D eigenvalue weighted by atomic mass is 16.3. The molecule has 2 aliphatic carbocycles. The standard InChI is InChI=1S/C18H34O2/c1-15(2)9-7-10-17(5)13(15)8-11-18(6,20)14(17)12-16(3,4)19/h13-14,19-20H,7-12H2,1-6H3/t13-,14+,17+,18+/m0/s1. The van der Waals surface area contributed by atoms with E-state index in [-0.39, 0.29) is 11.3 Å². The van der Waals surface area contributed by atoms with Crippen molar-refractivity contribution in [3.63, 3.8) is 0 Å². The summed E-state index contributed by atoms with van der Waals surface area (Å²) in [7, 11) is 0.